The molecule has 29 heavy (non-hydrogen) atoms. The molecule has 2 amide bonds. The maximum Gasteiger partial charge on any atom is 0.335 e. The summed E-state index contributed by atoms with van der Waals surface area (Å²) in [4.78, 5) is 32.8. The highest BCUT2D eigenvalue weighted by Crippen LogP contribution is 2.35. The van der Waals surface area contributed by atoms with E-state index in [1.807, 2.05) is 0 Å². The zero-order chi connectivity index (χ0) is 20.5. The Morgan fingerprint density at radius 3 is 2.69 bits per heavy atom. The monoisotopic (exact) mass is 414 g/mol. The van der Waals surface area contributed by atoms with E-state index in [4.69, 9.17) is 16.7 Å². The number of halogens is 2. The Kier molecular flexibility index (Phi) is 4.94. The molecular weight excluding hydrogens is 399 g/mol. The average molecular weight is 415 g/mol. The number of aromatic nitrogens is 2. The number of aromatic carboxylic acids is 1. The van der Waals surface area contributed by atoms with Gasteiger partial charge < -0.3 is 20.3 Å². The molecule has 3 N–H and O–H groups in total. The predicted molar refractivity (Wildman–Crippen MR) is 105 cm³/mol. The number of carboxylic acids is 1. The van der Waals surface area contributed by atoms with E-state index in [0.29, 0.717) is 29.9 Å². The number of aromatic amines is 1. The standard InChI is InChI=1S/C20H16ClFN4O3/c21-12-3-6-14(15(22)9-12)18-17-16(23-10-24-17)7-8-26(18)20(29)25-13-4-1-11(2-5-13)19(27)28/h1-6,9-10,18H,7-8H2,(H,23,24)(H,25,29)(H,27,28). The van der Waals surface area contributed by atoms with Crippen molar-refractivity contribution in [2.75, 3.05) is 11.9 Å². The molecular formula is C20H16ClFN4O3. The van der Waals surface area contributed by atoms with Gasteiger partial charge in [0, 0.05) is 34.9 Å². The van der Waals surface area contributed by atoms with Crippen molar-refractivity contribution >= 4 is 29.3 Å². The van der Waals surface area contributed by atoms with Gasteiger partial charge in [-0.3, -0.25) is 0 Å². The van der Waals surface area contributed by atoms with Gasteiger partial charge >= 0.3 is 12.0 Å². The number of H-pyrrole nitrogens is 1. The van der Waals surface area contributed by atoms with Crippen molar-refractivity contribution in [2.45, 2.75) is 12.5 Å². The van der Waals surface area contributed by atoms with Crippen LogP contribution in [0.5, 0.6) is 0 Å². The van der Waals surface area contributed by atoms with Gasteiger partial charge in [0.15, 0.2) is 0 Å². The number of hydrogen-bond acceptors (Lipinski definition) is 3. The summed E-state index contributed by atoms with van der Waals surface area (Å²) in [6.07, 6.45) is 2.07. The summed E-state index contributed by atoms with van der Waals surface area (Å²) in [6, 6.07) is 8.97. The van der Waals surface area contributed by atoms with Gasteiger partial charge in [-0.15, -0.1) is 0 Å². The molecule has 0 bridgehead atoms. The molecule has 2 aromatic carbocycles. The first-order chi connectivity index (χ1) is 13.9. The molecule has 0 saturated carbocycles. The maximum absolute atomic E-state index is 14.7. The predicted octanol–water partition coefficient (Wildman–Crippen LogP) is 4.08. The third-order valence-corrected chi connectivity index (χ3v) is 5.06. The minimum Gasteiger partial charge on any atom is -0.478 e. The number of benzene rings is 2. The second-order valence-electron chi connectivity index (χ2n) is 6.59. The molecule has 9 heteroatoms. The van der Waals surface area contributed by atoms with Crippen molar-refractivity contribution in [3.8, 4) is 0 Å². The number of hydrogen-bond donors (Lipinski definition) is 3. The topological polar surface area (TPSA) is 98.3 Å². The Labute approximate surface area is 170 Å². The van der Waals surface area contributed by atoms with Crippen molar-refractivity contribution in [2.24, 2.45) is 0 Å². The van der Waals surface area contributed by atoms with Crippen LogP contribution in [-0.2, 0) is 6.42 Å². The van der Waals surface area contributed by atoms with Crippen LogP contribution >= 0.6 is 11.6 Å². The normalized spacial score (nSPS) is 15.7. The molecule has 1 aliphatic rings. The average Bonchev–Trinajstić information content (AvgIpc) is 3.17. The lowest BCUT2D eigenvalue weighted by atomic mass is 9.95. The van der Waals surface area contributed by atoms with E-state index >= 15 is 0 Å². The zero-order valence-electron chi connectivity index (χ0n) is 15.0. The lowest BCUT2D eigenvalue weighted by Crippen LogP contribution is -2.43. The molecule has 3 aromatic rings. The van der Waals surface area contributed by atoms with Gasteiger partial charge in [-0.25, -0.2) is 19.0 Å². The second kappa shape index (κ2) is 7.56. The van der Waals surface area contributed by atoms with Crippen LogP contribution in [0.1, 0.15) is 33.4 Å². The van der Waals surface area contributed by atoms with Crippen LogP contribution in [0.2, 0.25) is 5.02 Å². The number of nitrogens with one attached hydrogen (secondary N) is 2. The van der Waals surface area contributed by atoms with E-state index in [2.05, 4.69) is 15.3 Å². The van der Waals surface area contributed by atoms with Gasteiger partial charge in [-0.2, -0.15) is 0 Å². The molecule has 2 heterocycles. The molecule has 7 nitrogen and oxygen atoms in total. The van der Waals surface area contributed by atoms with E-state index in [-0.39, 0.29) is 10.6 Å². The summed E-state index contributed by atoms with van der Waals surface area (Å²) < 4.78 is 14.7. The van der Waals surface area contributed by atoms with Crippen molar-refractivity contribution in [3.05, 3.63) is 82.1 Å². The molecule has 0 fully saturated rings. The van der Waals surface area contributed by atoms with Crippen LogP contribution < -0.4 is 5.32 Å². The summed E-state index contributed by atoms with van der Waals surface area (Å²) in [5.41, 5.74) is 2.26. The molecule has 148 valence electrons. The van der Waals surface area contributed by atoms with Gasteiger partial charge in [0.1, 0.15) is 11.9 Å². The molecule has 0 saturated heterocycles. The number of fused-ring (bicyclic) bond motifs is 1. The zero-order valence-corrected chi connectivity index (χ0v) is 15.8. The number of carbonyl (C=O) groups excluding carboxylic acids is 1. The van der Waals surface area contributed by atoms with Crippen LogP contribution in [-0.4, -0.2) is 38.5 Å². The first-order valence-electron chi connectivity index (χ1n) is 8.82. The first-order valence-corrected chi connectivity index (χ1v) is 9.20. The molecule has 1 aromatic heterocycles. The minimum atomic E-state index is -1.05. The summed E-state index contributed by atoms with van der Waals surface area (Å²) in [6.45, 7) is 0.348. The molecule has 0 radical (unpaired) electrons. The van der Waals surface area contributed by atoms with Crippen LogP contribution in [0.4, 0.5) is 14.9 Å². The quantitative estimate of drug-likeness (QED) is 0.601. The smallest absolute Gasteiger partial charge is 0.335 e. The molecule has 1 unspecified atom stereocenters. The summed E-state index contributed by atoms with van der Waals surface area (Å²) in [5, 5.41) is 12.0. The van der Waals surface area contributed by atoms with Gasteiger partial charge in [0.05, 0.1) is 17.6 Å². The highest BCUT2D eigenvalue weighted by Gasteiger charge is 2.35. The van der Waals surface area contributed by atoms with E-state index in [1.54, 1.807) is 12.1 Å². The Hall–Kier alpha value is -3.39. The number of rotatable bonds is 3. The van der Waals surface area contributed by atoms with Crippen molar-refractivity contribution in [1.82, 2.24) is 14.9 Å². The number of anilines is 1. The Morgan fingerprint density at radius 1 is 1.24 bits per heavy atom. The van der Waals surface area contributed by atoms with Gasteiger partial charge in [0.2, 0.25) is 0 Å². The number of nitrogens with zero attached hydrogens (tertiary/aromatic N) is 2. The Balaban J connectivity index is 1.65. The van der Waals surface area contributed by atoms with Crippen LogP contribution in [0.3, 0.4) is 0 Å². The Bertz CT molecular complexity index is 1080. The fourth-order valence-electron chi connectivity index (χ4n) is 3.43. The summed E-state index contributed by atoms with van der Waals surface area (Å²) in [5.74, 6) is -1.58. The van der Waals surface area contributed by atoms with Crippen LogP contribution in [0.15, 0.2) is 48.8 Å². The fraction of sp³-hybridized carbons (Fsp3) is 0.150. The van der Waals surface area contributed by atoms with Crippen LogP contribution in [0.25, 0.3) is 0 Å². The van der Waals surface area contributed by atoms with E-state index in [0.717, 1.165) is 5.69 Å². The molecule has 4 rings (SSSR count). The van der Waals surface area contributed by atoms with Crippen molar-refractivity contribution in [3.63, 3.8) is 0 Å². The first kappa shape index (κ1) is 18.9. The third kappa shape index (κ3) is 3.66. The van der Waals surface area contributed by atoms with Gasteiger partial charge in [0.25, 0.3) is 0 Å². The van der Waals surface area contributed by atoms with E-state index < -0.39 is 23.9 Å². The minimum absolute atomic E-state index is 0.114. The molecule has 0 spiro atoms. The third-order valence-electron chi connectivity index (χ3n) is 4.83. The summed E-state index contributed by atoms with van der Waals surface area (Å²) in [7, 11) is 0. The Morgan fingerprint density at radius 2 is 2.00 bits per heavy atom. The molecule has 1 atom stereocenters. The fourth-order valence-corrected chi connectivity index (χ4v) is 3.58. The lowest BCUT2D eigenvalue weighted by Gasteiger charge is -2.35. The van der Waals surface area contributed by atoms with Gasteiger partial charge in [-0.05, 0) is 36.4 Å². The number of carbonyl (C=O) groups is 2. The highest BCUT2D eigenvalue weighted by atomic mass is 35.5. The number of amides is 2. The van der Waals surface area contributed by atoms with Crippen LogP contribution in [0, 0.1) is 5.82 Å². The summed E-state index contributed by atoms with van der Waals surface area (Å²) >= 11 is 5.88. The number of imidazole rings is 1. The van der Waals surface area contributed by atoms with Crippen molar-refractivity contribution < 1.29 is 19.1 Å². The molecule has 0 aliphatic carbocycles. The number of urea groups is 1. The lowest BCUT2D eigenvalue weighted by molar-refractivity contribution is 0.0697. The SMILES string of the molecule is O=C(O)c1ccc(NC(=O)N2CCc3[nH]cnc3C2c2ccc(Cl)cc2F)cc1. The largest absolute Gasteiger partial charge is 0.478 e. The van der Waals surface area contributed by atoms with E-state index in [9.17, 15) is 14.0 Å². The number of carboxylic acid groups (broad SMARTS) is 1. The highest BCUT2D eigenvalue weighted by molar-refractivity contribution is 6.30. The maximum atomic E-state index is 14.7. The van der Waals surface area contributed by atoms with E-state index in [1.165, 1.54) is 41.6 Å². The van der Waals surface area contributed by atoms with Gasteiger partial charge in [-0.1, -0.05) is 17.7 Å². The molecule has 1 aliphatic heterocycles. The van der Waals surface area contributed by atoms with Crippen molar-refractivity contribution in [1.29, 1.82) is 0 Å². The second-order valence-corrected chi connectivity index (χ2v) is 7.03.